The molecular weight excluding hydrogens is 224 g/mol. The Hall–Kier alpha value is -2.14. The summed E-state index contributed by atoms with van der Waals surface area (Å²) < 4.78 is 9.54. The Morgan fingerprint density at radius 3 is 2.47 bits per heavy atom. The molecule has 0 spiro atoms. The van der Waals surface area contributed by atoms with Crippen molar-refractivity contribution in [1.29, 1.82) is 0 Å². The van der Waals surface area contributed by atoms with Gasteiger partial charge in [0, 0.05) is 6.08 Å². The first-order valence-electron chi connectivity index (χ1n) is 4.89. The Morgan fingerprint density at radius 1 is 1.29 bits per heavy atom. The van der Waals surface area contributed by atoms with Gasteiger partial charge in [0.1, 0.15) is 12.4 Å². The van der Waals surface area contributed by atoms with Crippen LogP contribution in [0.1, 0.15) is 10.4 Å². The molecule has 0 aromatic heterocycles. The standard InChI is InChI=1S/C12H12O5/c1-2-11(14)17-10-5-3-9(4-6-10)12(15)16-8-7-13/h2-6,13H,1,7-8H2. The van der Waals surface area contributed by atoms with E-state index in [9.17, 15) is 9.59 Å². The van der Waals surface area contributed by atoms with Gasteiger partial charge in [-0.15, -0.1) is 0 Å². The molecule has 0 aliphatic heterocycles. The fourth-order valence-electron chi connectivity index (χ4n) is 1.04. The Balaban J connectivity index is 2.64. The molecule has 0 bridgehead atoms. The van der Waals surface area contributed by atoms with Crippen molar-refractivity contribution in [2.45, 2.75) is 0 Å². The quantitative estimate of drug-likeness (QED) is 0.467. The van der Waals surface area contributed by atoms with E-state index in [4.69, 9.17) is 14.6 Å². The summed E-state index contributed by atoms with van der Waals surface area (Å²) in [5.41, 5.74) is 0.317. The highest BCUT2D eigenvalue weighted by atomic mass is 16.5. The van der Waals surface area contributed by atoms with E-state index in [1.807, 2.05) is 0 Å². The van der Waals surface area contributed by atoms with Crippen LogP contribution in [-0.2, 0) is 9.53 Å². The highest BCUT2D eigenvalue weighted by Crippen LogP contribution is 2.13. The summed E-state index contributed by atoms with van der Waals surface area (Å²) in [6.07, 6.45) is 1.05. The van der Waals surface area contributed by atoms with Crippen molar-refractivity contribution >= 4 is 11.9 Å². The lowest BCUT2D eigenvalue weighted by Gasteiger charge is -2.04. The minimum atomic E-state index is -0.569. The molecule has 0 saturated carbocycles. The molecule has 0 aliphatic carbocycles. The molecule has 5 heteroatoms. The van der Waals surface area contributed by atoms with E-state index in [2.05, 4.69) is 6.58 Å². The van der Waals surface area contributed by atoms with Crippen LogP contribution in [0.4, 0.5) is 0 Å². The maximum absolute atomic E-state index is 11.3. The third kappa shape index (κ3) is 4.08. The van der Waals surface area contributed by atoms with Crippen LogP contribution in [0, 0.1) is 0 Å². The van der Waals surface area contributed by atoms with Crippen LogP contribution < -0.4 is 4.74 Å². The largest absolute Gasteiger partial charge is 0.460 e. The number of aliphatic hydroxyl groups is 1. The predicted molar refractivity (Wildman–Crippen MR) is 59.6 cm³/mol. The maximum atomic E-state index is 11.3. The lowest BCUT2D eigenvalue weighted by molar-refractivity contribution is -0.128. The number of carbonyl (C=O) groups is 2. The number of rotatable bonds is 5. The zero-order chi connectivity index (χ0) is 12.7. The van der Waals surface area contributed by atoms with E-state index in [0.29, 0.717) is 11.3 Å². The molecule has 5 nitrogen and oxygen atoms in total. The fourth-order valence-corrected chi connectivity index (χ4v) is 1.04. The van der Waals surface area contributed by atoms with Gasteiger partial charge < -0.3 is 14.6 Å². The van der Waals surface area contributed by atoms with Crippen LogP contribution in [-0.4, -0.2) is 30.3 Å². The first kappa shape index (κ1) is 12.9. The summed E-state index contributed by atoms with van der Waals surface area (Å²) in [7, 11) is 0. The van der Waals surface area contributed by atoms with Crippen LogP contribution >= 0.6 is 0 Å². The van der Waals surface area contributed by atoms with E-state index >= 15 is 0 Å². The summed E-state index contributed by atoms with van der Waals surface area (Å²) in [4.78, 5) is 22.2. The number of esters is 2. The zero-order valence-corrected chi connectivity index (χ0v) is 9.09. The molecule has 0 atom stereocenters. The second-order valence-corrected chi connectivity index (χ2v) is 3.01. The van der Waals surface area contributed by atoms with E-state index in [1.54, 1.807) is 0 Å². The lowest BCUT2D eigenvalue weighted by atomic mass is 10.2. The minimum Gasteiger partial charge on any atom is -0.460 e. The molecule has 1 aromatic rings. The number of hydrogen-bond acceptors (Lipinski definition) is 5. The molecule has 0 amide bonds. The van der Waals surface area contributed by atoms with Gasteiger partial charge in [-0.2, -0.15) is 0 Å². The van der Waals surface area contributed by atoms with E-state index in [1.165, 1.54) is 24.3 Å². The summed E-state index contributed by atoms with van der Waals surface area (Å²) in [5.74, 6) is -0.796. The van der Waals surface area contributed by atoms with Crippen LogP contribution in [0.25, 0.3) is 0 Å². The molecule has 0 saturated heterocycles. The van der Waals surface area contributed by atoms with Crippen LogP contribution in [0.5, 0.6) is 5.75 Å². The smallest absolute Gasteiger partial charge is 0.338 e. The summed E-state index contributed by atoms with van der Waals surface area (Å²) >= 11 is 0. The first-order chi connectivity index (χ1) is 8.17. The van der Waals surface area contributed by atoms with Crippen molar-refractivity contribution < 1.29 is 24.2 Å². The Bertz CT molecular complexity index is 407. The third-order valence-electron chi connectivity index (χ3n) is 1.80. The lowest BCUT2D eigenvalue weighted by Crippen LogP contribution is -2.09. The predicted octanol–water partition coefficient (Wildman–Crippen LogP) is 0.927. The zero-order valence-electron chi connectivity index (χ0n) is 9.09. The highest BCUT2D eigenvalue weighted by Gasteiger charge is 2.07. The molecule has 1 N–H and O–H groups in total. The van der Waals surface area contributed by atoms with Crippen molar-refractivity contribution in [1.82, 2.24) is 0 Å². The fraction of sp³-hybridized carbons (Fsp3) is 0.167. The number of carbonyl (C=O) groups excluding carboxylic acids is 2. The second-order valence-electron chi connectivity index (χ2n) is 3.01. The number of aliphatic hydroxyl groups excluding tert-OH is 1. The molecule has 0 fully saturated rings. The van der Waals surface area contributed by atoms with Gasteiger partial charge in [0.2, 0.25) is 0 Å². The molecule has 1 aromatic carbocycles. The van der Waals surface area contributed by atoms with Crippen molar-refractivity contribution in [3.63, 3.8) is 0 Å². The van der Waals surface area contributed by atoms with E-state index < -0.39 is 11.9 Å². The average Bonchev–Trinajstić information content (AvgIpc) is 2.36. The number of hydrogen-bond donors (Lipinski definition) is 1. The topological polar surface area (TPSA) is 72.8 Å². The Morgan fingerprint density at radius 2 is 1.94 bits per heavy atom. The van der Waals surface area contributed by atoms with Crippen molar-refractivity contribution in [3.8, 4) is 5.75 Å². The van der Waals surface area contributed by atoms with Gasteiger partial charge in [-0.05, 0) is 24.3 Å². The Labute approximate surface area is 98.3 Å². The molecule has 0 heterocycles. The SMILES string of the molecule is C=CC(=O)Oc1ccc(C(=O)OCCO)cc1. The molecule has 1 rings (SSSR count). The summed E-state index contributed by atoms with van der Waals surface area (Å²) in [5, 5.41) is 8.49. The normalized spacial score (nSPS) is 9.47. The summed E-state index contributed by atoms with van der Waals surface area (Å²) in [6.45, 7) is 2.99. The molecule has 0 unspecified atom stereocenters. The van der Waals surface area contributed by atoms with Gasteiger partial charge >= 0.3 is 11.9 Å². The second kappa shape index (κ2) is 6.44. The van der Waals surface area contributed by atoms with Gasteiger partial charge in [-0.3, -0.25) is 0 Å². The van der Waals surface area contributed by atoms with Crippen molar-refractivity contribution in [2.24, 2.45) is 0 Å². The molecular formula is C12H12O5. The van der Waals surface area contributed by atoms with Crippen LogP contribution in [0.2, 0.25) is 0 Å². The third-order valence-corrected chi connectivity index (χ3v) is 1.80. The van der Waals surface area contributed by atoms with Crippen LogP contribution in [0.3, 0.4) is 0 Å². The average molecular weight is 236 g/mol. The molecule has 17 heavy (non-hydrogen) atoms. The number of ether oxygens (including phenoxy) is 2. The van der Waals surface area contributed by atoms with Gasteiger partial charge in [0.25, 0.3) is 0 Å². The van der Waals surface area contributed by atoms with Gasteiger partial charge in [-0.25, -0.2) is 9.59 Å². The minimum absolute atomic E-state index is 0.0496. The Kier molecular flexibility index (Phi) is 4.90. The van der Waals surface area contributed by atoms with Crippen molar-refractivity contribution in [2.75, 3.05) is 13.2 Å². The summed E-state index contributed by atoms with van der Waals surface area (Å²) in [6, 6.07) is 5.87. The molecule has 90 valence electrons. The molecule has 0 radical (unpaired) electrons. The maximum Gasteiger partial charge on any atom is 0.338 e. The number of benzene rings is 1. The van der Waals surface area contributed by atoms with Crippen molar-refractivity contribution in [3.05, 3.63) is 42.5 Å². The van der Waals surface area contributed by atoms with E-state index in [-0.39, 0.29) is 13.2 Å². The van der Waals surface area contributed by atoms with Gasteiger partial charge in [0.15, 0.2) is 0 Å². The van der Waals surface area contributed by atoms with Gasteiger partial charge in [0.05, 0.1) is 12.2 Å². The monoisotopic (exact) mass is 236 g/mol. The first-order valence-corrected chi connectivity index (χ1v) is 4.89. The van der Waals surface area contributed by atoms with Crippen LogP contribution in [0.15, 0.2) is 36.9 Å². The molecule has 0 aliphatic rings. The highest BCUT2D eigenvalue weighted by molar-refractivity contribution is 5.89. The van der Waals surface area contributed by atoms with E-state index in [0.717, 1.165) is 6.08 Å². The van der Waals surface area contributed by atoms with Gasteiger partial charge in [-0.1, -0.05) is 6.58 Å².